The molecule has 2 atom stereocenters. The number of nitrogens with one attached hydrogen (secondary N) is 1. The van der Waals surface area contributed by atoms with E-state index in [1.165, 1.54) is 43.3 Å². The lowest BCUT2D eigenvalue weighted by Crippen LogP contribution is -2.42. The van der Waals surface area contributed by atoms with Crippen LogP contribution in [0.25, 0.3) is 21.5 Å². The molecule has 0 bridgehead atoms. The van der Waals surface area contributed by atoms with Crippen molar-refractivity contribution in [3.05, 3.63) is 144 Å². The van der Waals surface area contributed by atoms with Crippen molar-refractivity contribution in [2.45, 2.75) is 38.3 Å². The van der Waals surface area contributed by atoms with E-state index in [2.05, 4.69) is 11.1 Å². The minimum atomic E-state index is -4.42. The summed E-state index contributed by atoms with van der Waals surface area (Å²) < 4.78 is 87.1. The first-order chi connectivity index (χ1) is 27.6. The number of benzene rings is 6. The van der Waals surface area contributed by atoms with Crippen LogP contribution >= 0.6 is 0 Å². The maximum Gasteiger partial charge on any atom is 0.416 e. The predicted octanol–water partition coefficient (Wildman–Crippen LogP) is 8.42. The van der Waals surface area contributed by atoms with E-state index in [1.807, 2.05) is 0 Å². The Labute approximate surface area is 332 Å². The molecule has 0 aliphatic rings. The molecule has 6 aromatic carbocycles. The summed E-state index contributed by atoms with van der Waals surface area (Å²) in [6, 6.07) is 27.1. The number of alkyl halides is 6. The Morgan fingerprint density at radius 2 is 0.983 bits per heavy atom. The highest BCUT2D eigenvalue weighted by Crippen LogP contribution is 2.35. The number of aromatic carboxylic acids is 1. The fraction of sp³-hybridized carbons (Fsp3) is 0.143. The second-order valence-electron chi connectivity index (χ2n) is 12.7. The summed E-state index contributed by atoms with van der Waals surface area (Å²) in [5.74, 6) is -1.22. The van der Waals surface area contributed by atoms with Crippen LogP contribution in [-0.4, -0.2) is 40.9 Å². The molecule has 308 valence electrons. The van der Waals surface area contributed by atoms with Crippen molar-refractivity contribution < 1.29 is 60.1 Å². The number of hydrogen-bond acceptors (Lipinski definition) is 7. The number of hydrogen-bond donors (Lipinski definition) is 5. The van der Waals surface area contributed by atoms with Crippen LogP contribution < -0.4 is 32.0 Å². The molecule has 0 heterocycles. The predicted molar refractivity (Wildman–Crippen MR) is 207 cm³/mol. The van der Waals surface area contributed by atoms with Gasteiger partial charge in [-0.15, -0.1) is 0 Å². The number of ether oxygens (including phenoxy) is 2. The van der Waals surface area contributed by atoms with Gasteiger partial charge in [0.25, 0.3) is 5.91 Å². The first kappa shape index (κ1) is 44.6. The van der Waals surface area contributed by atoms with Crippen LogP contribution in [0.1, 0.15) is 45.7 Å². The van der Waals surface area contributed by atoms with E-state index in [9.17, 15) is 45.5 Å². The minimum Gasteiger partial charge on any atom is -0.478 e. The van der Waals surface area contributed by atoms with Crippen LogP contribution in [0, 0.1) is 0 Å². The lowest BCUT2D eigenvalue weighted by Gasteiger charge is -2.13. The number of rotatable bonds is 9. The molecule has 0 aliphatic carbocycles. The number of carboxylic acid groups (broad SMARTS) is 1. The molecule has 0 aliphatic heterocycles. The third-order valence-electron chi connectivity index (χ3n) is 8.23. The van der Waals surface area contributed by atoms with E-state index in [-0.39, 0.29) is 17.1 Å². The molecule has 17 heteroatoms. The van der Waals surface area contributed by atoms with Gasteiger partial charge in [-0.2, -0.15) is 26.3 Å². The highest BCUT2D eigenvalue weighted by atomic mass is 19.4. The first-order valence-electron chi connectivity index (χ1n) is 17.3. The summed E-state index contributed by atoms with van der Waals surface area (Å²) in [6.45, 7) is 3.03. The average Bonchev–Trinajstić information content (AvgIpc) is 3.18. The van der Waals surface area contributed by atoms with Crippen molar-refractivity contribution >= 4 is 45.2 Å². The highest BCUT2D eigenvalue weighted by molar-refractivity contribution is 6.01. The zero-order valence-corrected chi connectivity index (χ0v) is 31.1. The van der Waals surface area contributed by atoms with Crippen LogP contribution in [0.4, 0.5) is 26.3 Å². The Bertz CT molecular complexity index is 2450. The molecule has 0 saturated carbocycles. The van der Waals surface area contributed by atoms with E-state index >= 15 is 0 Å². The Kier molecular flexibility index (Phi) is 14.3. The molecule has 0 unspecified atom stereocenters. The molecule has 6 aromatic rings. The molecule has 0 saturated heterocycles. The second kappa shape index (κ2) is 18.9. The third-order valence-corrected chi connectivity index (χ3v) is 8.23. The number of carbonyl (C=O) groups is 4. The van der Waals surface area contributed by atoms with Gasteiger partial charge in [0.1, 0.15) is 29.0 Å². The molecule has 59 heavy (non-hydrogen) atoms. The van der Waals surface area contributed by atoms with Crippen molar-refractivity contribution in [3.8, 4) is 23.0 Å². The third kappa shape index (κ3) is 12.4. The number of carboxylic acids is 1. The Balaban J connectivity index is 0.000000232. The number of nitrogens with two attached hydrogens (primary N) is 3. The average molecular weight is 823 g/mol. The quantitative estimate of drug-likeness (QED) is 0.0896. The van der Waals surface area contributed by atoms with E-state index in [0.29, 0.717) is 38.6 Å². The fourth-order valence-corrected chi connectivity index (χ4v) is 4.99. The topological polar surface area (TPSA) is 197 Å². The lowest BCUT2D eigenvalue weighted by molar-refractivity contribution is -0.138. The van der Waals surface area contributed by atoms with Crippen LogP contribution in [0.2, 0.25) is 0 Å². The lowest BCUT2D eigenvalue weighted by atomic mass is 10.1. The molecule has 8 N–H and O–H groups in total. The van der Waals surface area contributed by atoms with Gasteiger partial charge in [0.2, 0.25) is 11.8 Å². The summed E-state index contributed by atoms with van der Waals surface area (Å²) in [7, 11) is 0. The first-order valence-corrected chi connectivity index (χ1v) is 17.3. The zero-order valence-electron chi connectivity index (χ0n) is 31.1. The Morgan fingerprint density at radius 3 is 1.34 bits per heavy atom. The van der Waals surface area contributed by atoms with Gasteiger partial charge in [-0.3, -0.25) is 14.4 Å². The number of primary amides is 2. The molecular weight excluding hydrogens is 786 g/mol. The van der Waals surface area contributed by atoms with Gasteiger partial charge in [-0.25, -0.2) is 4.79 Å². The summed E-state index contributed by atoms with van der Waals surface area (Å²) in [4.78, 5) is 44.2. The van der Waals surface area contributed by atoms with Gasteiger partial charge in [0, 0.05) is 16.3 Å². The van der Waals surface area contributed by atoms with Gasteiger partial charge < -0.3 is 37.1 Å². The molecule has 0 aromatic heterocycles. The van der Waals surface area contributed by atoms with Crippen LogP contribution in [-0.2, 0) is 21.9 Å². The molecule has 6 rings (SSSR count). The van der Waals surface area contributed by atoms with Crippen LogP contribution in [0.3, 0.4) is 0 Å². The Hall–Kier alpha value is -7.14. The van der Waals surface area contributed by atoms with Crippen molar-refractivity contribution in [3.63, 3.8) is 0 Å². The number of carbonyl (C=O) groups excluding carboxylic acids is 3. The van der Waals surface area contributed by atoms with Gasteiger partial charge in [-0.05, 0) is 122 Å². The number of fused-ring (bicyclic) bond motifs is 2. The number of amides is 3. The molecule has 11 nitrogen and oxygen atoms in total. The van der Waals surface area contributed by atoms with Crippen molar-refractivity contribution in [2.24, 2.45) is 17.2 Å². The maximum atomic E-state index is 12.7. The van der Waals surface area contributed by atoms with E-state index in [0.717, 1.165) is 24.3 Å². The van der Waals surface area contributed by atoms with Crippen LogP contribution in [0.15, 0.2) is 121 Å². The van der Waals surface area contributed by atoms with Crippen molar-refractivity contribution in [1.29, 1.82) is 0 Å². The molecular formula is C42H36F6N4O7. The largest absolute Gasteiger partial charge is 0.478 e. The molecule has 0 fully saturated rings. The van der Waals surface area contributed by atoms with Gasteiger partial charge in [0.15, 0.2) is 0 Å². The van der Waals surface area contributed by atoms with Crippen molar-refractivity contribution in [2.75, 3.05) is 0 Å². The summed E-state index contributed by atoms with van der Waals surface area (Å²) in [5.41, 5.74) is 13.7. The van der Waals surface area contributed by atoms with Crippen LogP contribution in [0.5, 0.6) is 23.0 Å². The highest BCUT2D eigenvalue weighted by Gasteiger charge is 2.31. The monoisotopic (exact) mass is 822 g/mol. The molecule has 3 amide bonds. The van der Waals surface area contributed by atoms with Gasteiger partial charge >= 0.3 is 18.3 Å². The summed E-state index contributed by atoms with van der Waals surface area (Å²) >= 11 is 0. The zero-order chi connectivity index (χ0) is 43.7. The SMILES string of the molecule is C[C@@H](N)C(N)=O.C[C@@H](NC(=O)c1ccc2c(Oc3ccc(C(F)(F)F)cc3)cccc2c1)C(N)=O.O=C(O)c1ccc2c(Oc3ccc(C(F)(F)F)cc3)cccc2c1. The van der Waals surface area contributed by atoms with Gasteiger partial charge in [-0.1, -0.05) is 24.3 Å². The summed E-state index contributed by atoms with van der Waals surface area (Å²) in [6.07, 6.45) is -8.81. The van der Waals surface area contributed by atoms with Gasteiger partial charge in [0.05, 0.1) is 22.7 Å². The smallest absolute Gasteiger partial charge is 0.416 e. The number of halogens is 6. The molecule has 0 radical (unpaired) electrons. The van der Waals surface area contributed by atoms with E-state index in [4.69, 9.17) is 26.0 Å². The van der Waals surface area contributed by atoms with E-state index < -0.39 is 59.3 Å². The standard InChI is InChI=1S/C21H17F3N2O3.C18H11F3O3.C3H8N2O/c1-12(19(25)27)26-20(28)14-5-10-17-13(11-14)3-2-4-18(17)29-16-8-6-15(7-9-16)21(22,23)24;19-18(20,21)13-5-7-14(8-6-13)24-16-3-1-2-11-10-12(17(22)23)4-9-15(11)16;1-2(4)3(5)6/h2-12H,1H3,(H2,25,27)(H,26,28);1-10H,(H,22,23);2H,4H2,1H3,(H2,5,6)/t12-;;2-/m1.1/s1. The summed E-state index contributed by atoms with van der Waals surface area (Å²) in [5, 5.41) is 14.2. The minimum absolute atomic E-state index is 0.147. The Morgan fingerprint density at radius 1 is 0.593 bits per heavy atom. The maximum absolute atomic E-state index is 12.7. The second-order valence-corrected chi connectivity index (χ2v) is 12.7. The van der Waals surface area contributed by atoms with Crippen molar-refractivity contribution in [1.82, 2.24) is 5.32 Å². The molecule has 0 spiro atoms. The normalized spacial score (nSPS) is 12.2. The van der Waals surface area contributed by atoms with E-state index in [1.54, 1.807) is 67.6 Å². The fourth-order valence-electron chi connectivity index (χ4n) is 4.99.